The van der Waals surface area contributed by atoms with Gasteiger partial charge in [0.25, 0.3) is 0 Å². The summed E-state index contributed by atoms with van der Waals surface area (Å²) in [6, 6.07) is 0.840. The predicted molar refractivity (Wildman–Crippen MR) is 73.6 cm³/mol. The second kappa shape index (κ2) is 6.41. The van der Waals surface area contributed by atoms with E-state index in [0.29, 0.717) is 6.04 Å². The maximum Gasteiger partial charge on any atom is 0.407 e. The minimum atomic E-state index is -0.415. The van der Waals surface area contributed by atoms with E-state index in [-0.39, 0.29) is 12.1 Å². The monoisotopic (exact) mass is 256 g/mol. The first-order valence-corrected chi connectivity index (χ1v) is 6.98. The molecule has 2 N–H and O–H groups in total. The number of ether oxygens (including phenoxy) is 1. The first-order valence-electron chi connectivity index (χ1n) is 6.98. The van der Waals surface area contributed by atoms with Crippen molar-refractivity contribution in [2.45, 2.75) is 71.1 Å². The molecule has 1 amide bonds. The normalized spacial score (nSPS) is 26.5. The molecule has 0 aromatic carbocycles. The van der Waals surface area contributed by atoms with Gasteiger partial charge < -0.3 is 15.4 Å². The Bertz CT molecular complexity index is 265. The maximum atomic E-state index is 11.7. The largest absolute Gasteiger partial charge is 0.444 e. The standard InChI is InChI=1S/C14H28N2O2/c1-10(15-5)11-6-8-12(9-7-11)16-13(17)18-14(2,3)4/h10-12,15H,6-9H2,1-5H3,(H,16,17)/t10-,11?,12?/m1/s1. The topological polar surface area (TPSA) is 50.4 Å². The molecule has 0 radical (unpaired) electrons. The molecule has 1 atom stereocenters. The number of alkyl carbamates (subject to hydrolysis) is 1. The lowest BCUT2D eigenvalue weighted by Gasteiger charge is -2.32. The Kier molecular flexibility index (Phi) is 5.45. The van der Waals surface area contributed by atoms with Gasteiger partial charge in [-0.1, -0.05) is 0 Å². The fourth-order valence-corrected chi connectivity index (χ4v) is 2.47. The summed E-state index contributed by atoms with van der Waals surface area (Å²) in [7, 11) is 2.01. The maximum absolute atomic E-state index is 11.7. The van der Waals surface area contributed by atoms with E-state index in [2.05, 4.69) is 17.6 Å². The molecule has 0 unspecified atom stereocenters. The van der Waals surface area contributed by atoms with Crippen LogP contribution in [0, 0.1) is 5.92 Å². The van der Waals surface area contributed by atoms with Gasteiger partial charge in [0.2, 0.25) is 0 Å². The Morgan fingerprint density at radius 3 is 2.22 bits per heavy atom. The van der Waals surface area contributed by atoms with Crippen molar-refractivity contribution in [1.82, 2.24) is 10.6 Å². The van der Waals surface area contributed by atoms with Gasteiger partial charge in [0, 0.05) is 12.1 Å². The minimum absolute atomic E-state index is 0.278. The molecule has 1 aliphatic rings. The molecule has 0 heterocycles. The number of carbonyl (C=O) groups is 1. The molecule has 106 valence electrons. The van der Waals surface area contributed by atoms with Crippen LogP contribution in [0.4, 0.5) is 4.79 Å². The van der Waals surface area contributed by atoms with Crippen LogP contribution in [0.1, 0.15) is 53.4 Å². The average molecular weight is 256 g/mol. The Balaban J connectivity index is 2.29. The van der Waals surface area contributed by atoms with E-state index in [9.17, 15) is 4.79 Å². The van der Waals surface area contributed by atoms with Crippen molar-refractivity contribution in [2.75, 3.05) is 7.05 Å². The zero-order valence-corrected chi connectivity index (χ0v) is 12.4. The quantitative estimate of drug-likeness (QED) is 0.816. The van der Waals surface area contributed by atoms with Crippen LogP contribution in [-0.4, -0.2) is 30.8 Å². The molecule has 1 fully saturated rings. The molecule has 0 bridgehead atoms. The Labute approximate surface area is 111 Å². The lowest BCUT2D eigenvalue weighted by molar-refractivity contribution is 0.0485. The third kappa shape index (κ3) is 5.25. The van der Waals surface area contributed by atoms with Crippen molar-refractivity contribution >= 4 is 6.09 Å². The summed E-state index contributed by atoms with van der Waals surface area (Å²) in [6.45, 7) is 7.89. The van der Waals surface area contributed by atoms with Crippen molar-refractivity contribution in [3.8, 4) is 0 Å². The van der Waals surface area contributed by atoms with Crippen LogP contribution in [0.15, 0.2) is 0 Å². The molecule has 4 heteroatoms. The van der Waals surface area contributed by atoms with Crippen LogP contribution in [-0.2, 0) is 4.74 Å². The fourth-order valence-electron chi connectivity index (χ4n) is 2.47. The number of nitrogens with one attached hydrogen (secondary N) is 2. The van der Waals surface area contributed by atoms with E-state index in [1.165, 1.54) is 12.8 Å². The lowest BCUT2D eigenvalue weighted by atomic mass is 9.82. The zero-order valence-electron chi connectivity index (χ0n) is 12.4. The van der Waals surface area contributed by atoms with Crippen molar-refractivity contribution in [2.24, 2.45) is 5.92 Å². The van der Waals surface area contributed by atoms with Crippen LogP contribution in [0.2, 0.25) is 0 Å². The highest BCUT2D eigenvalue weighted by Gasteiger charge is 2.26. The molecule has 0 aromatic rings. The Morgan fingerprint density at radius 2 is 1.78 bits per heavy atom. The summed E-state index contributed by atoms with van der Waals surface area (Å²) in [5.74, 6) is 0.728. The van der Waals surface area contributed by atoms with Gasteiger partial charge in [0.15, 0.2) is 0 Å². The van der Waals surface area contributed by atoms with Crippen LogP contribution >= 0.6 is 0 Å². The number of hydrogen-bond donors (Lipinski definition) is 2. The van der Waals surface area contributed by atoms with Gasteiger partial charge in [0.05, 0.1) is 0 Å². The molecule has 0 saturated heterocycles. The molecular weight excluding hydrogens is 228 g/mol. The SMILES string of the molecule is CN[C@H](C)C1CCC(NC(=O)OC(C)(C)C)CC1. The molecule has 0 spiro atoms. The van der Waals surface area contributed by atoms with Crippen LogP contribution in [0.5, 0.6) is 0 Å². The third-order valence-corrected chi connectivity index (χ3v) is 3.66. The second-order valence-corrected chi connectivity index (χ2v) is 6.34. The number of carbonyl (C=O) groups excluding carboxylic acids is 1. The van der Waals surface area contributed by atoms with Crippen LogP contribution < -0.4 is 10.6 Å². The van der Waals surface area contributed by atoms with Gasteiger partial charge in [-0.3, -0.25) is 0 Å². The second-order valence-electron chi connectivity index (χ2n) is 6.34. The predicted octanol–water partition coefficient (Wildman–Crippen LogP) is 2.68. The average Bonchev–Trinajstić information content (AvgIpc) is 2.26. The summed E-state index contributed by atoms with van der Waals surface area (Å²) in [5, 5.41) is 6.28. The van der Waals surface area contributed by atoms with E-state index in [4.69, 9.17) is 4.74 Å². The van der Waals surface area contributed by atoms with Crippen molar-refractivity contribution in [3.63, 3.8) is 0 Å². The van der Waals surface area contributed by atoms with Gasteiger partial charge >= 0.3 is 6.09 Å². The van der Waals surface area contributed by atoms with E-state index >= 15 is 0 Å². The Morgan fingerprint density at radius 1 is 1.22 bits per heavy atom. The van der Waals surface area contributed by atoms with Crippen molar-refractivity contribution in [1.29, 1.82) is 0 Å². The smallest absolute Gasteiger partial charge is 0.407 e. The van der Waals surface area contributed by atoms with Crippen molar-refractivity contribution in [3.05, 3.63) is 0 Å². The third-order valence-electron chi connectivity index (χ3n) is 3.66. The van der Waals surface area contributed by atoms with Gasteiger partial charge in [-0.2, -0.15) is 0 Å². The molecule has 1 aliphatic carbocycles. The first kappa shape index (κ1) is 15.3. The molecule has 0 aliphatic heterocycles. The number of hydrogen-bond acceptors (Lipinski definition) is 3. The first-order chi connectivity index (χ1) is 8.31. The lowest BCUT2D eigenvalue weighted by Crippen LogP contribution is -2.43. The molecule has 1 saturated carbocycles. The summed E-state index contributed by atoms with van der Waals surface area (Å²) in [6.07, 6.45) is 4.16. The summed E-state index contributed by atoms with van der Waals surface area (Å²) < 4.78 is 5.27. The molecule has 4 nitrogen and oxygen atoms in total. The minimum Gasteiger partial charge on any atom is -0.444 e. The highest BCUT2D eigenvalue weighted by molar-refractivity contribution is 5.68. The van der Waals surface area contributed by atoms with E-state index in [1.807, 2.05) is 27.8 Å². The molecule has 1 rings (SSSR count). The fraction of sp³-hybridized carbons (Fsp3) is 0.929. The highest BCUT2D eigenvalue weighted by Crippen LogP contribution is 2.27. The van der Waals surface area contributed by atoms with Crippen LogP contribution in [0.25, 0.3) is 0 Å². The number of rotatable bonds is 3. The van der Waals surface area contributed by atoms with Crippen molar-refractivity contribution < 1.29 is 9.53 Å². The molecule has 0 aromatic heterocycles. The summed E-state index contributed by atoms with van der Waals surface area (Å²) in [4.78, 5) is 11.7. The number of amides is 1. The van der Waals surface area contributed by atoms with Gasteiger partial charge in [-0.05, 0) is 66.3 Å². The molecule has 18 heavy (non-hydrogen) atoms. The van der Waals surface area contributed by atoms with E-state index in [0.717, 1.165) is 18.8 Å². The summed E-state index contributed by atoms with van der Waals surface area (Å²) >= 11 is 0. The van der Waals surface area contributed by atoms with E-state index < -0.39 is 5.60 Å². The zero-order chi connectivity index (χ0) is 13.8. The Hall–Kier alpha value is -0.770. The van der Waals surface area contributed by atoms with Crippen LogP contribution in [0.3, 0.4) is 0 Å². The van der Waals surface area contributed by atoms with Gasteiger partial charge in [0.1, 0.15) is 5.60 Å². The molecular formula is C14H28N2O2. The van der Waals surface area contributed by atoms with Gasteiger partial charge in [-0.25, -0.2) is 4.79 Å². The van der Waals surface area contributed by atoms with E-state index in [1.54, 1.807) is 0 Å². The highest BCUT2D eigenvalue weighted by atomic mass is 16.6. The van der Waals surface area contributed by atoms with Gasteiger partial charge in [-0.15, -0.1) is 0 Å². The summed E-state index contributed by atoms with van der Waals surface area (Å²) in [5.41, 5.74) is -0.415.